The maximum Gasteiger partial charge on any atom is 0.219 e. The number of carbonyl (C=O) groups excluding carboxylic acids is 1. The maximum absolute atomic E-state index is 10.9. The van der Waals surface area contributed by atoms with Crippen LogP contribution < -0.4 is 0 Å². The second kappa shape index (κ2) is 3.27. The molecule has 0 aliphatic carbocycles. The van der Waals surface area contributed by atoms with E-state index in [0.29, 0.717) is 6.04 Å². The van der Waals surface area contributed by atoms with E-state index in [0.717, 1.165) is 32.6 Å². The Labute approximate surface area is 78.1 Å². The fraction of sp³-hybridized carbons (Fsp3) is 0.889. The highest BCUT2D eigenvalue weighted by atomic mass is 16.3. The highest BCUT2D eigenvalue weighted by Gasteiger charge is 2.36. The lowest BCUT2D eigenvalue weighted by atomic mass is 10.1. The quantitative estimate of drug-likeness (QED) is 0.585. The van der Waals surface area contributed by atoms with Crippen LogP contribution in [0.3, 0.4) is 0 Å². The first-order valence-electron chi connectivity index (χ1n) is 4.84. The molecule has 0 aromatic rings. The molecule has 4 nitrogen and oxygen atoms in total. The van der Waals surface area contributed by atoms with Gasteiger partial charge in [-0.25, -0.2) is 0 Å². The molecule has 0 saturated carbocycles. The number of hydrogen-bond donors (Lipinski definition) is 1. The molecule has 2 aliphatic rings. The van der Waals surface area contributed by atoms with E-state index in [2.05, 4.69) is 4.90 Å². The van der Waals surface area contributed by atoms with Crippen LogP contribution in [0.4, 0.5) is 0 Å². The topological polar surface area (TPSA) is 43.8 Å². The van der Waals surface area contributed by atoms with E-state index in [9.17, 15) is 9.90 Å². The zero-order chi connectivity index (χ0) is 9.42. The third kappa shape index (κ3) is 1.69. The van der Waals surface area contributed by atoms with Crippen molar-refractivity contribution in [1.82, 2.24) is 9.80 Å². The average molecular weight is 184 g/mol. The largest absolute Gasteiger partial charge is 0.392 e. The van der Waals surface area contributed by atoms with Gasteiger partial charge in [0.2, 0.25) is 5.91 Å². The molecule has 0 bridgehead atoms. The van der Waals surface area contributed by atoms with Crippen molar-refractivity contribution in [1.29, 1.82) is 0 Å². The van der Waals surface area contributed by atoms with E-state index in [1.165, 1.54) is 0 Å². The molecule has 2 rings (SSSR count). The highest BCUT2D eigenvalue weighted by Crippen LogP contribution is 2.20. The molecule has 1 amide bonds. The van der Waals surface area contributed by atoms with Gasteiger partial charge in [-0.05, 0) is 6.42 Å². The van der Waals surface area contributed by atoms with E-state index < -0.39 is 0 Å². The van der Waals surface area contributed by atoms with Crippen LogP contribution in [0.15, 0.2) is 0 Å². The minimum atomic E-state index is -0.147. The second-order valence-corrected chi connectivity index (χ2v) is 4.02. The molecule has 0 unspecified atom stereocenters. The fourth-order valence-electron chi connectivity index (χ4n) is 2.04. The minimum Gasteiger partial charge on any atom is -0.392 e. The minimum absolute atomic E-state index is 0.147. The van der Waals surface area contributed by atoms with Crippen LogP contribution in [0.25, 0.3) is 0 Å². The molecule has 2 fully saturated rings. The van der Waals surface area contributed by atoms with Crippen molar-refractivity contribution in [3.8, 4) is 0 Å². The van der Waals surface area contributed by atoms with E-state index in [1.807, 2.05) is 4.90 Å². The lowest BCUT2D eigenvalue weighted by molar-refractivity contribution is -0.135. The van der Waals surface area contributed by atoms with Gasteiger partial charge in [0.15, 0.2) is 0 Å². The van der Waals surface area contributed by atoms with Crippen LogP contribution in [0.2, 0.25) is 0 Å². The van der Waals surface area contributed by atoms with Crippen molar-refractivity contribution in [2.75, 3.05) is 26.2 Å². The molecule has 1 atom stereocenters. The number of β-amino-alcohol motifs (C(OH)–C–C–N with tert-alkyl or cyclic N) is 1. The summed E-state index contributed by atoms with van der Waals surface area (Å²) in [6.45, 7) is 5.08. The zero-order valence-electron chi connectivity index (χ0n) is 7.94. The van der Waals surface area contributed by atoms with Gasteiger partial charge in [-0.2, -0.15) is 0 Å². The Balaban J connectivity index is 1.77. The molecule has 1 N–H and O–H groups in total. The average Bonchev–Trinajstić information content (AvgIpc) is 2.31. The lowest BCUT2D eigenvalue weighted by Crippen LogP contribution is -2.60. The Bertz CT molecular complexity index is 214. The zero-order valence-corrected chi connectivity index (χ0v) is 7.94. The van der Waals surface area contributed by atoms with Crippen LogP contribution in [0, 0.1) is 0 Å². The van der Waals surface area contributed by atoms with Gasteiger partial charge in [-0.15, -0.1) is 0 Å². The Hall–Kier alpha value is -0.610. The third-order valence-electron chi connectivity index (χ3n) is 3.02. The first kappa shape index (κ1) is 8.97. The van der Waals surface area contributed by atoms with Gasteiger partial charge in [-0.1, -0.05) is 0 Å². The Kier molecular flexibility index (Phi) is 2.26. The number of amides is 1. The predicted octanol–water partition coefficient (Wildman–Crippen LogP) is -0.716. The van der Waals surface area contributed by atoms with Crippen molar-refractivity contribution in [3.63, 3.8) is 0 Å². The van der Waals surface area contributed by atoms with Crippen LogP contribution in [0.1, 0.15) is 13.3 Å². The number of rotatable bonds is 1. The van der Waals surface area contributed by atoms with Crippen LogP contribution in [-0.4, -0.2) is 59.1 Å². The standard InChI is InChI=1S/C9H16N2O2/c1-7(12)11-4-8(5-11)10-3-2-9(13)6-10/h8-9,13H,2-6H2,1H3/t9-/m0/s1. The molecule has 0 spiro atoms. The van der Waals surface area contributed by atoms with Crippen molar-refractivity contribution >= 4 is 5.91 Å². The molecule has 2 aliphatic heterocycles. The molecule has 0 aromatic heterocycles. The van der Waals surface area contributed by atoms with Crippen molar-refractivity contribution in [2.24, 2.45) is 0 Å². The monoisotopic (exact) mass is 184 g/mol. The van der Waals surface area contributed by atoms with E-state index >= 15 is 0 Å². The summed E-state index contributed by atoms with van der Waals surface area (Å²) >= 11 is 0. The molecular formula is C9H16N2O2. The molecule has 0 aromatic carbocycles. The molecule has 74 valence electrons. The molecule has 13 heavy (non-hydrogen) atoms. The summed E-state index contributed by atoms with van der Waals surface area (Å²) < 4.78 is 0. The number of likely N-dealkylation sites (tertiary alicyclic amines) is 2. The Morgan fingerprint density at radius 3 is 2.54 bits per heavy atom. The normalized spacial score (nSPS) is 30.6. The van der Waals surface area contributed by atoms with Gasteiger partial charge < -0.3 is 10.0 Å². The lowest BCUT2D eigenvalue weighted by Gasteiger charge is -2.43. The van der Waals surface area contributed by atoms with Crippen molar-refractivity contribution in [3.05, 3.63) is 0 Å². The number of aliphatic hydroxyl groups is 1. The van der Waals surface area contributed by atoms with E-state index in [-0.39, 0.29) is 12.0 Å². The smallest absolute Gasteiger partial charge is 0.219 e. The van der Waals surface area contributed by atoms with Crippen LogP contribution >= 0.6 is 0 Å². The molecule has 2 saturated heterocycles. The number of aliphatic hydroxyl groups excluding tert-OH is 1. The van der Waals surface area contributed by atoms with Gasteiger partial charge in [0.25, 0.3) is 0 Å². The molecule has 0 radical (unpaired) electrons. The Morgan fingerprint density at radius 1 is 1.38 bits per heavy atom. The molecule has 4 heteroatoms. The number of nitrogens with zero attached hydrogens (tertiary/aromatic N) is 2. The van der Waals surface area contributed by atoms with Crippen LogP contribution in [0.5, 0.6) is 0 Å². The highest BCUT2D eigenvalue weighted by molar-refractivity contribution is 5.74. The summed E-state index contributed by atoms with van der Waals surface area (Å²) in [5.41, 5.74) is 0. The van der Waals surface area contributed by atoms with E-state index in [4.69, 9.17) is 0 Å². The number of carbonyl (C=O) groups is 1. The van der Waals surface area contributed by atoms with Gasteiger partial charge in [0, 0.05) is 39.1 Å². The van der Waals surface area contributed by atoms with Crippen molar-refractivity contribution in [2.45, 2.75) is 25.5 Å². The third-order valence-corrected chi connectivity index (χ3v) is 3.02. The second-order valence-electron chi connectivity index (χ2n) is 4.02. The predicted molar refractivity (Wildman–Crippen MR) is 48.2 cm³/mol. The number of hydrogen-bond acceptors (Lipinski definition) is 3. The van der Waals surface area contributed by atoms with Crippen LogP contribution in [-0.2, 0) is 4.79 Å². The fourth-order valence-corrected chi connectivity index (χ4v) is 2.04. The molecular weight excluding hydrogens is 168 g/mol. The van der Waals surface area contributed by atoms with E-state index in [1.54, 1.807) is 6.92 Å². The summed E-state index contributed by atoms with van der Waals surface area (Å²) in [7, 11) is 0. The SMILES string of the molecule is CC(=O)N1CC(N2CC[C@H](O)C2)C1. The summed E-state index contributed by atoms with van der Waals surface area (Å²) in [4.78, 5) is 15.0. The van der Waals surface area contributed by atoms with Gasteiger partial charge >= 0.3 is 0 Å². The summed E-state index contributed by atoms with van der Waals surface area (Å²) in [6, 6.07) is 0.501. The summed E-state index contributed by atoms with van der Waals surface area (Å²) in [5.74, 6) is 0.163. The summed E-state index contributed by atoms with van der Waals surface area (Å²) in [5, 5.41) is 9.32. The maximum atomic E-state index is 10.9. The van der Waals surface area contributed by atoms with Gasteiger partial charge in [0.05, 0.1) is 6.10 Å². The first-order valence-corrected chi connectivity index (χ1v) is 4.84. The Morgan fingerprint density at radius 2 is 2.08 bits per heavy atom. The van der Waals surface area contributed by atoms with Gasteiger partial charge in [-0.3, -0.25) is 9.69 Å². The van der Waals surface area contributed by atoms with Gasteiger partial charge in [0.1, 0.15) is 0 Å². The molecule has 2 heterocycles. The summed E-state index contributed by atoms with van der Waals surface area (Å²) in [6.07, 6.45) is 0.739. The first-order chi connectivity index (χ1) is 6.16. The van der Waals surface area contributed by atoms with Crippen molar-refractivity contribution < 1.29 is 9.90 Å².